The molecule has 2 N–H and O–H groups in total. The van der Waals surface area contributed by atoms with Crippen LogP contribution in [0.4, 0.5) is 24.7 Å². The third-order valence-corrected chi connectivity index (χ3v) is 5.89. The Morgan fingerprint density at radius 2 is 1.90 bits per heavy atom. The lowest BCUT2D eigenvalue weighted by Gasteiger charge is -2.34. The molecule has 0 fully saturated rings. The molecule has 0 spiro atoms. The summed E-state index contributed by atoms with van der Waals surface area (Å²) < 4.78 is 42.3. The summed E-state index contributed by atoms with van der Waals surface area (Å²) in [6.45, 7) is 3.66. The van der Waals surface area contributed by atoms with Crippen LogP contribution in [0.2, 0.25) is 5.02 Å². The maximum atomic E-state index is 13.8. The van der Waals surface area contributed by atoms with Gasteiger partial charge in [-0.1, -0.05) is 47.5 Å². The molecule has 3 aromatic rings. The molecule has 0 saturated heterocycles. The second kappa shape index (κ2) is 7.92. The van der Waals surface area contributed by atoms with Gasteiger partial charge >= 0.3 is 6.18 Å². The molecule has 162 valence electrons. The fraction of sp³-hybridized carbons (Fsp3) is 0.273. The lowest BCUT2D eigenvalue weighted by Crippen LogP contribution is -2.36. The summed E-state index contributed by atoms with van der Waals surface area (Å²) in [4.78, 5) is 12.9. The standard InChI is InChI=1S/C22H20ClF3N4O/c1-12-6-8-14(9-7-12)18-10-19(22(24,25)26)30-20(28-18)15(11-27-30)21(31)29-17-5-3-4-16(23)13(17)2/h3-9,11,18-19,28H,10H2,1-2H3,(H,29,31)/t18-,19+/m1/s1. The molecule has 1 aliphatic rings. The molecule has 2 heterocycles. The number of hydrogen-bond donors (Lipinski definition) is 2. The van der Waals surface area contributed by atoms with E-state index >= 15 is 0 Å². The summed E-state index contributed by atoms with van der Waals surface area (Å²) in [6.07, 6.45) is -3.58. The number of halogens is 4. The molecule has 31 heavy (non-hydrogen) atoms. The Hall–Kier alpha value is -3.00. The van der Waals surface area contributed by atoms with Crippen molar-refractivity contribution in [2.75, 3.05) is 10.6 Å². The van der Waals surface area contributed by atoms with Gasteiger partial charge in [0.1, 0.15) is 11.4 Å². The van der Waals surface area contributed by atoms with Gasteiger partial charge in [-0.3, -0.25) is 4.79 Å². The maximum absolute atomic E-state index is 13.8. The number of benzene rings is 2. The van der Waals surface area contributed by atoms with Crippen LogP contribution in [0.1, 0.15) is 45.6 Å². The molecule has 2 aromatic carbocycles. The highest BCUT2D eigenvalue weighted by Crippen LogP contribution is 2.44. The summed E-state index contributed by atoms with van der Waals surface area (Å²) >= 11 is 6.10. The van der Waals surface area contributed by atoms with Crippen LogP contribution >= 0.6 is 11.6 Å². The van der Waals surface area contributed by atoms with E-state index < -0.39 is 24.2 Å². The molecule has 4 rings (SSSR count). The van der Waals surface area contributed by atoms with Crippen molar-refractivity contribution in [3.05, 3.63) is 75.9 Å². The predicted octanol–water partition coefficient (Wildman–Crippen LogP) is 6.07. The van der Waals surface area contributed by atoms with E-state index in [1.165, 1.54) is 0 Å². The third-order valence-electron chi connectivity index (χ3n) is 5.48. The zero-order valence-electron chi connectivity index (χ0n) is 16.8. The van der Waals surface area contributed by atoms with Crippen LogP contribution in [0.15, 0.2) is 48.7 Å². The Bertz CT molecular complexity index is 1120. The molecule has 1 aromatic heterocycles. The van der Waals surface area contributed by atoms with E-state index in [0.29, 0.717) is 21.8 Å². The second-order valence-electron chi connectivity index (χ2n) is 7.62. The van der Waals surface area contributed by atoms with Crippen molar-refractivity contribution in [2.45, 2.75) is 38.5 Å². The number of amides is 1. The number of nitrogens with zero attached hydrogens (tertiary/aromatic N) is 2. The van der Waals surface area contributed by atoms with Crippen LogP contribution in [-0.4, -0.2) is 21.9 Å². The highest BCUT2D eigenvalue weighted by Gasteiger charge is 2.47. The number of carbonyl (C=O) groups excluding carboxylic acids is 1. The van der Waals surface area contributed by atoms with Gasteiger partial charge in [-0.05, 0) is 37.1 Å². The molecule has 0 bridgehead atoms. The fourth-order valence-electron chi connectivity index (χ4n) is 3.68. The number of fused-ring (bicyclic) bond motifs is 1. The molecule has 5 nitrogen and oxygen atoms in total. The predicted molar refractivity (Wildman–Crippen MR) is 114 cm³/mol. The van der Waals surface area contributed by atoms with Crippen LogP contribution < -0.4 is 10.6 Å². The van der Waals surface area contributed by atoms with Crippen LogP contribution in [-0.2, 0) is 0 Å². The molecular weight excluding hydrogens is 429 g/mol. The Morgan fingerprint density at radius 3 is 2.58 bits per heavy atom. The molecule has 9 heteroatoms. The van der Waals surface area contributed by atoms with E-state index in [1.54, 1.807) is 37.3 Å². The summed E-state index contributed by atoms with van der Waals surface area (Å²) in [5.74, 6) is -0.527. The minimum Gasteiger partial charge on any atom is -0.363 e. The van der Waals surface area contributed by atoms with Crippen LogP contribution in [0.3, 0.4) is 0 Å². The molecular formula is C22H20ClF3N4O. The van der Waals surface area contributed by atoms with Gasteiger partial charge < -0.3 is 10.6 Å². The van der Waals surface area contributed by atoms with Gasteiger partial charge in [0.15, 0.2) is 6.04 Å². The van der Waals surface area contributed by atoms with E-state index in [4.69, 9.17) is 11.6 Å². The van der Waals surface area contributed by atoms with E-state index in [2.05, 4.69) is 15.7 Å². The van der Waals surface area contributed by atoms with Gasteiger partial charge in [-0.15, -0.1) is 0 Å². The summed E-state index contributed by atoms with van der Waals surface area (Å²) in [5.41, 5.74) is 2.90. The number of rotatable bonds is 3. The Kier molecular flexibility index (Phi) is 5.43. The first kappa shape index (κ1) is 21.2. The maximum Gasteiger partial charge on any atom is 0.410 e. The molecule has 0 aliphatic carbocycles. The molecule has 1 amide bonds. The Labute approximate surface area is 182 Å². The summed E-state index contributed by atoms with van der Waals surface area (Å²) in [6, 6.07) is 9.88. The number of aryl methyl sites for hydroxylation is 1. The number of alkyl halides is 3. The quantitative estimate of drug-likeness (QED) is 0.511. The zero-order chi connectivity index (χ0) is 22.3. The van der Waals surface area contributed by atoms with Crippen molar-refractivity contribution in [3.63, 3.8) is 0 Å². The van der Waals surface area contributed by atoms with E-state index in [1.807, 2.05) is 19.1 Å². The summed E-state index contributed by atoms with van der Waals surface area (Å²) in [5, 5.41) is 10.2. The van der Waals surface area contributed by atoms with Gasteiger partial charge in [-0.25, -0.2) is 4.68 Å². The van der Waals surface area contributed by atoms with Crippen LogP contribution in [0.25, 0.3) is 0 Å². The SMILES string of the molecule is Cc1ccc([C@H]2C[C@@H](C(F)(F)F)n3ncc(C(=O)Nc4cccc(Cl)c4C)c3N2)cc1. The van der Waals surface area contributed by atoms with Gasteiger partial charge in [0.2, 0.25) is 0 Å². The first-order valence-corrected chi connectivity index (χ1v) is 10.1. The second-order valence-corrected chi connectivity index (χ2v) is 8.03. The molecule has 0 unspecified atom stereocenters. The largest absolute Gasteiger partial charge is 0.410 e. The molecule has 2 atom stereocenters. The smallest absolute Gasteiger partial charge is 0.363 e. The Balaban J connectivity index is 1.70. The van der Waals surface area contributed by atoms with Gasteiger partial charge in [0, 0.05) is 17.1 Å². The summed E-state index contributed by atoms with van der Waals surface area (Å²) in [7, 11) is 0. The first-order chi connectivity index (χ1) is 14.6. The zero-order valence-corrected chi connectivity index (χ0v) is 17.6. The van der Waals surface area contributed by atoms with Gasteiger partial charge in [0.25, 0.3) is 5.91 Å². The number of aromatic nitrogens is 2. The fourth-order valence-corrected chi connectivity index (χ4v) is 3.85. The number of nitrogens with one attached hydrogen (secondary N) is 2. The Morgan fingerprint density at radius 1 is 1.19 bits per heavy atom. The minimum atomic E-state index is -4.51. The van der Waals surface area contributed by atoms with Crippen molar-refractivity contribution >= 4 is 29.0 Å². The van der Waals surface area contributed by atoms with Crippen LogP contribution in [0, 0.1) is 13.8 Å². The topological polar surface area (TPSA) is 59.0 Å². The van der Waals surface area contributed by atoms with Crippen molar-refractivity contribution in [1.29, 1.82) is 0 Å². The lowest BCUT2D eigenvalue weighted by atomic mass is 9.96. The van der Waals surface area contributed by atoms with Crippen molar-refractivity contribution in [2.24, 2.45) is 0 Å². The lowest BCUT2D eigenvalue weighted by molar-refractivity contribution is -0.173. The molecule has 0 saturated carbocycles. The average molecular weight is 449 g/mol. The first-order valence-electron chi connectivity index (χ1n) is 9.69. The normalized spacial score (nSPS) is 18.3. The molecule has 0 radical (unpaired) electrons. The highest BCUT2D eigenvalue weighted by atomic mass is 35.5. The minimum absolute atomic E-state index is 0.0328. The molecule has 1 aliphatic heterocycles. The number of hydrogen-bond acceptors (Lipinski definition) is 3. The van der Waals surface area contributed by atoms with Crippen molar-refractivity contribution < 1.29 is 18.0 Å². The monoisotopic (exact) mass is 448 g/mol. The average Bonchev–Trinajstić information content (AvgIpc) is 3.14. The van der Waals surface area contributed by atoms with E-state index in [9.17, 15) is 18.0 Å². The third kappa shape index (κ3) is 4.12. The van der Waals surface area contributed by atoms with Gasteiger partial charge in [0.05, 0.1) is 12.2 Å². The van der Waals surface area contributed by atoms with E-state index in [0.717, 1.165) is 16.4 Å². The van der Waals surface area contributed by atoms with Gasteiger partial charge in [-0.2, -0.15) is 18.3 Å². The van der Waals surface area contributed by atoms with Crippen molar-refractivity contribution in [1.82, 2.24) is 9.78 Å². The van der Waals surface area contributed by atoms with Crippen molar-refractivity contribution in [3.8, 4) is 0 Å². The number of anilines is 2. The number of carbonyl (C=O) groups is 1. The highest BCUT2D eigenvalue weighted by molar-refractivity contribution is 6.31. The van der Waals surface area contributed by atoms with E-state index in [-0.39, 0.29) is 17.8 Å². The van der Waals surface area contributed by atoms with Crippen LogP contribution in [0.5, 0.6) is 0 Å².